The number of halogens is 5. The number of carbonyl (C=O) groups excluding carboxylic acids is 1. The summed E-state index contributed by atoms with van der Waals surface area (Å²) in [7, 11) is 0.916. The predicted octanol–water partition coefficient (Wildman–Crippen LogP) is 3.85. The Balaban J connectivity index is 2.51. The van der Waals surface area contributed by atoms with Gasteiger partial charge in [-0.05, 0) is 52.0 Å². The Bertz CT molecular complexity index is 1110. The molecule has 2 aromatic rings. The standard InChI is InChI=1S/C18H15BrClF3N2O4S/c1-24-14(18(21,22)23)9-15(26)25(17(24)28)11-3-4-13(20)10(7-11)8-12(19)16(27)29-5-6-30-2/h3-4,7-9H,5-6H2,1-2H3. The number of hydrogen-bond donors (Lipinski definition) is 0. The van der Waals surface area contributed by atoms with Crippen LogP contribution in [-0.4, -0.2) is 33.7 Å². The molecular formula is C18H15BrClF3N2O4S. The summed E-state index contributed by atoms with van der Waals surface area (Å²) < 4.78 is 45.0. The smallest absolute Gasteiger partial charge is 0.431 e. The number of aromatic nitrogens is 2. The summed E-state index contributed by atoms with van der Waals surface area (Å²) in [4.78, 5) is 36.6. The van der Waals surface area contributed by atoms with Gasteiger partial charge >= 0.3 is 17.8 Å². The van der Waals surface area contributed by atoms with Gasteiger partial charge in [-0.2, -0.15) is 24.9 Å². The molecule has 1 heterocycles. The summed E-state index contributed by atoms with van der Waals surface area (Å²) in [5.41, 5.74) is -3.46. The van der Waals surface area contributed by atoms with Gasteiger partial charge in [-0.15, -0.1) is 0 Å². The lowest BCUT2D eigenvalue weighted by molar-refractivity contribution is -0.144. The van der Waals surface area contributed by atoms with Crippen LogP contribution in [0, 0.1) is 0 Å². The Hall–Kier alpha value is -1.98. The summed E-state index contributed by atoms with van der Waals surface area (Å²) in [6.07, 6.45) is -1.67. The van der Waals surface area contributed by atoms with Crippen LogP contribution in [0.1, 0.15) is 11.3 Å². The lowest BCUT2D eigenvalue weighted by atomic mass is 10.2. The van der Waals surface area contributed by atoms with Gasteiger partial charge in [0, 0.05) is 23.9 Å². The van der Waals surface area contributed by atoms with Crippen molar-refractivity contribution < 1.29 is 22.7 Å². The zero-order valence-corrected chi connectivity index (χ0v) is 18.8. The first-order chi connectivity index (χ1) is 14.0. The van der Waals surface area contributed by atoms with Gasteiger partial charge in [-0.1, -0.05) is 11.6 Å². The van der Waals surface area contributed by atoms with Crippen molar-refractivity contribution in [3.63, 3.8) is 0 Å². The number of esters is 1. The minimum absolute atomic E-state index is 0.0129. The first-order valence-corrected chi connectivity index (χ1v) is 10.8. The van der Waals surface area contributed by atoms with Crippen LogP contribution in [0.5, 0.6) is 0 Å². The Labute approximate surface area is 186 Å². The highest BCUT2D eigenvalue weighted by molar-refractivity contribution is 9.12. The van der Waals surface area contributed by atoms with Gasteiger partial charge in [-0.3, -0.25) is 9.36 Å². The van der Waals surface area contributed by atoms with Crippen LogP contribution in [-0.2, 0) is 22.8 Å². The second kappa shape index (κ2) is 9.88. The monoisotopic (exact) mass is 526 g/mol. The van der Waals surface area contributed by atoms with E-state index in [-0.39, 0.29) is 27.4 Å². The zero-order chi connectivity index (χ0) is 22.6. The van der Waals surface area contributed by atoms with E-state index in [2.05, 4.69) is 15.9 Å². The maximum Gasteiger partial charge on any atom is 0.431 e. The SMILES string of the molecule is CSCCOC(=O)C(Br)=Cc1cc(-n2c(=O)cc(C(F)(F)F)n(C)c2=O)ccc1Cl. The summed E-state index contributed by atoms with van der Waals surface area (Å²) in [6, 6.07) is 4.30. The van der Waals surface area contributed by atoms with Crippen molar-refractivity contribution >= 4 is 51.3 Å². The van der Waals surface area contributed by atoms with Crippen LogP contribution in [0.25, 0.3) is 11.8 Å². The lowest BCUT2D eigenvalue weighted by Crippen LogP contribution is -2.40. The van der Waals surface area contributed by atoms with E-state index in [0.29, 0.717) is 21.0 Å². The molecular weight excluding hydrogens is 513 g/mol. The van der Waals surface area contributed by atoms with E-state index in [1.165, 1.54) is 36.0 Å². The van der Waals surface area contributed by atoms with Gasteiger partial charge in [0.05, 0.1) is 5.69 Å². The number of thioether (sulfide) groups is 1. The van der Waals surface area contributed by atoms with Gasteiger partial charge in [0.15, 0.2) is 0 Å². The molecule has 0 aliphatic carbocycles. The molecule has 0 amide bonds. The fourth-order valence-electron chi connectivity index (χ4n) is 2.40. The fourth-order valence-corrected chi connectivity index (χ4v) is 3.18. The topological polar surface area (TPSA) is 70.3 Å². The molecule has 1 aromatic carbocycles. The first-order valence-electron chi connectivity index (χ1n) is 8.20. The van der Waals surface area contributed by atoms with Crippen LogP contribution in [0.3, 0.4) is 0 Å². The highest BCUT2D eigenvalue weighted by Gasteiger charge is 2.35. The molecule has 0 bridgehead atoms. The molecule has 6 nitrogen and oxygen atoms in total. The van der Waals surface area contributed by atoms with E-state index < -0.39 is 29.1 Å². The highest BCUT2D eigenvalue weighted by Crippen LogP contribution is 2.27. The highest BCUT2D eigenvalue weighted by atomic mass is 79.9. The van der Waals surface area contributed by atoms with Crippen molar-refractivity contribution in [1.82, 2.24) is 9.13 Å². The van der Waals surface area contributed by atoms with E-state index in [1.807, 2.05) is 6.26 Å². The molecule has 30 heavy (non-hydrogen) atoms. The number of nitrogens with zero attached hydrogens (tertiary/aromatic N) is 2. The van der Waals surface area contributed by atoms with Crippen LogP contribution in [0.2, 0.25) is 5.02 Å². The molecule has 12 heteroatoms. The number of carbonyl (C=O) groups is 1. The van der Waals surface area contributed by atoms with Crippen LogP contribution >= 0.6 is 39.3 Å². The molecule has 1 aromatic heterocycles. The van der Waals surface area contributed by atoms with Crippen molar-refractivity contribution in [2.75, 3.05) is 18.6 Å². The third kappa shape index (κ3) is 5.58. The fraction of sp³-hybridized carbons (Fsp3) is 0.278. The maximum atomic E-state index is 13.0. The van der Waals surface area contributed by atoms with Crippen molar-refractivity contribution in [1.29, 1.82) is 0 Å². The average Bonchev–Trinajstić information content (AvgIpc) is 2.66. The normalized spacial score (nSPS) is 12.2. The minimum atomic E-state index is -4.86. The molecule has 0 N–H and O–H groups in total. The number of alkyl halides is 3. The van der Waals surface area contributed by atoms with Gasteiger partial charge in [0.2, 0.25) is 0 Å². The quantitative estimate of drug-likeness (QED) is 0.324. The van der Waals surface area contributed by atoms with Crippen LogP contribution < -0.4 is 11.2 Å². The van der Waals surface area contributed by atoms with Crippen LogP contribution in [0.15, 0.2) is 38.3 Å². The number of hydrogen-bond acceptors (Lipinski definition) is 5. The van der Waals surface area contributed by atoms with Crippen LogP contribution in [0.4, 0.5) is 13.2 Å². The molecule has 0 saturated heterocycles. The van der Waals surface area contributed by atoms with Crippen molar-refractivity contribution in [2.45, 2.75) is 6.18 Å². The molecule has 0 radical (unpaired) electrons. The second-order valence-electron chi connectivity index (χ2n) is 5.87. The Kier molecular flexibility index (Phi) is 8.00. The molecule has 0 atom stereocenters. The largest absolute Gasteiger partial charge is 0.461 e. The number of rotatable bonds is 6. The van der Waals surface area contributed by atoms with E-state index in [9.17, 15) is 27.6 Å². The summed E-state index contributed by atoms with van der Waals surface area (Å²) in [6.45, 7) is 0.202. The van der Waals surface area contributed by atoms with E-state index in [1.54, 1.807) is 0 Å². The number of benzene rings is 1. The van der Waals surface area contributed by atoms with Crippen molar-refractivity contribution in [3.05, 3.63) is 65.9 Å². The summed E-state index contributed by atoms with van der Waals surface area (Å²) in [5, 5.41) is 0.185. The molecule has 162 valence electrons. The molecule has 0 saturated carbocycles. The molecule has 2 rings (SSSR count). The van der Waals surface area contributed by atoms with E-state index >= 15 is 0 Å². The van der Waals surface area contributed by atoms with E-state index in [4.69, 9.17) is 16.3 Å². The molecule has 0 unspecified atom stereocenters. The predicted molar refractivity (Wildman–Crippen MR) is 114 cm³/mol. The number of ether oxygens (including phenoxy) is 1. The lowest BCUT2D eigenvalue weighted by Gasteiger charge is -2.14. The molecule has 0 spiro atoms. The summed E-state index contributed by atoms with van der Waals surface area (Å²) in [5.74, 6) is -0.0318. The second-order valence-corrected chi connectivity index (χ2v) is 8.12. The van der Waals surface area contributed by atoms with Gasteiger partial charge in [0.1, 0.15) is 16.8 Å². The third-order valence-corrected chi connectivity index (χ3v) is 5.32. The maximum absolute atomic E-state index is 13.0. The van der Waals surface area contributed by atoms with Gasteiger partial charge in [0.25, 0.3) is 5.56 Å². The van der Waals surface area contributed by atoms with Gasteiger partial charge in [-0.25, -0.2) is 14.2 Å². The van der Waals surface area contributed by atoms with Crippen molar-refractivity contribution in [3.8, 4) is 5.69 Å². The zero-order valence-electron chi connectivity index (χ0n) is 15.6. The molecule has 0 aliphatic rings. The molecule has 0 fully saturated rings. The third-order valence-electron chi connectivity index (χ3n) is 3.85. The van der Waals surface area contributed by atoms with Gasteiger partial charge < -0.3 is 4.74 Å². The molecule has 0 aliphatic heterocycles. The Morgan fingerprint density at radius 1 is 1.30 bits per heavy atom. The average molecular weight is 528 g/mol. The van der Waals surface area contributed by atoms with Crippen molar-refractivity contribution in [2.24, 2.45) is 7.05 Å². The first kappa shape index (κ1) is 24.3. The van der Waals surface area contributed by atoms with E-state index in [0.717, 1.165) is 7.05 Å². The minimum Gasteiger partial charge on any atom is -0.461 e. The Morgan fingerprint density at radius 2 is 1.97 bits per heavy atom. The summed E-state index contributed by atoms with van der Waals surface area (Å²) >= 11 is 10.7. The Morgan fingerprint density at radius 3 is 2.57 bits per heavy atom.